The smallest absolute Gasteiger partial charge is 0.265 e. The van der Waals surface area contributed by atoms with E-state index >= 15 is 0 Å². The molecule has 1 amide bonds. The fourth-order valence-corrected chi connectivity index (χ4v) is 5.15. The van der Waals surface area contributed by atoms with Crippen LogP contribution < -0.4 is 19.5 Å². The van der Waals surface area contributed by atoms with E-state index in [1.165, 1.54) is 24.2 Å². The van der Waals surface area contributed by atoms with Gasteiger partial charge in [-0.3, -0.25) is 4.79 Å². The van der Waals surface area contributed by atoms with E-state index in [0.717, 1.165) is 30.6 Å². The minimum Gasteiger partial charge on any atom is -0.487 e. The summed E-state index contributed by atoms with van der Waals surface area (Å²) in [6.07, 6.45) is 5.30. The van der Waals surface area contributed by atoms with Crippen molar-refractivity contribution in [2.45, 2.75) is 43.7 Å². The quantitative estimate of drug-likeness (QED) is 0.864. The third kappa shape index (κ3) is 2.63. The zero-order valence-electron chi connectivity index (χ0n) is 14.5. The molecule has 1 unspecified atom stereocenters. The molecule has 1 saturated carbocycles. The zero-order valence-corrected chi connectivity index (χ0v) is 15.3. The van der Waals surface area contributed by atoms with Crippen molar-refractivity contribution >= 4 is 17.2 Å². The second-order valence-corrected chi connectivity index (χ2v) is 8.09. The van der Waals surface area contributed by atoms with Crippen molar-refractivity contribution in [1.29, 1.82) is 0 Å². The molecular weight excluding hydrogens is 350 g/mol. The van der Waals surface area contributed by atoms with Crippen LogP contribution in [0.25, 0.3) is 0 Å². The van der Waals surface area contributed by atoms with Gasteiger partial charge in [-0.25, -0.2) is 0 Å². The standard InChI is InChI=1S/C20H21NO4S/c22-19(18-17-16(12-26-18)23-9-10-24-17)21-14-11-20(7-3-4-8-20)25-15-6-2-1-5-13(14)15/h1-2,5-6,12,14H,3-4,7-11H2,(H,21,22). The van der Waals surface area contributed by atoms with Crippen LogP contribution in [-0.4, -0.2) is 24.7 Å². The molecule has 2 aliphatic heterocycles. The Balaban J connectivity index is 1.44. The van der Waals surface area contributed by atoms with Crippen molar-refractivity contribution in [1.82, 2.24) is 5.32 Å². The van der Waals surface area contributed by atoms with E-state index in [4.69, 9.17) is 14.2 Å². The molecular formula is C20H21NO4S. The number of thiophene rings is 1. The van der Waals surface area contributed by atoms with Gasteiger partial charge in [-0.1, -0.05) is 18.2 Å². The molecule has 5 rings (SSSR count). The average Bonchev–Trinajstić information content (AvgIpc) is 3.29. The van der Waals surface area contributed by atoms with Crippen LogP contribution in [0.1, 0.15) is 53.4 Å². The Bertz CT molecular complexity index is 840. The molecule has 3 aliphatic rings. The number of carbonyl (C=O) groups excluding carboxylic acids is 1. The molecule has 1 aromatic carbocycles. The highest BCUT2D eigenvalue weighted by Gasteiger charge is 2.43. The number of amides is 1. The Kier molecular flexibility index (Phi) is 3.81. The molecule has 1 atom stereocenters. The summed E-state index contributed by atoms with van der Waals surface area (Å²) < 4.78 is 17.6. The summed E-state index contributed by atoms with van der Waals surface area (Å²) in [4.78, 5) is 13.6. The van der Waals surface area contributed by atoms with Gasteiger partial charge in [-0.05, 0) is 31.7 Å². The second-order valence-electron chi connectivity index (χ2n) is 7.22. The van der Waals surface area contributed by atoms with Crippen LogP contribution in [-0.2, 0) is 0 Å². The summed E-state index contributed by atoms with van der Waals surface area (Å²) in [6.45, 7) is 1.01. The summed E-state index contributed by atoms with van der Waals surface area (Å²) >= 11 is 1.37. The highest BCUT2D eigenvalue weighted by atomic mass is 32.1. The van der Waals surface area contributed by atoms with Gasteiger partial charge in [0.25, 0.3) is 5.91 Å². The van der Waals surface area contributed by atoms with Gasteiger partial charge in [0, 0.05) is 17.4 Å². The second kappa shape index (κ2) is 6.20. The van der Waals surface area contributed by atoms with Crippen LogP contribution in [0.3, 0.4) is 0 Å². The lowest BCUT2D eigenvalue weighted by Crippen LogP contribution is -2.43. The fourth-order valence-electron chi connectivity index (χ4n) is 4.32. The van der Waals surface area contributed by atoms with Crippen LogP contribution in [0, 0.1) is 0 Å². The molecule has 6 heteroatoms. The van der Waals surface area contributed by atoms with Gasteiger partial charge < -0.3 is 19.5 Å². The first-order valence-electron chi connectivity index (χ1n) is 9.20. The van der Waals surface area contributed by atoms with Crippen LogP contribution in [0.15, 0.2) is 29.6 Å². The van der Waals surface area contributed by atoms with Gasteiger partial charge in [0.1, 0.15) is 29.4 Å². The van der Waals surface area contributed by atoms with Gasteiger partial charge in [0.05, 0.1) is 6.04 Å². The number of benzene rings is 1. The number of fused-ring (bicyclic) bond motifs is 2. The zero-order chi connectivity index (χ0) is 17.6. The lowest BCUT2D eigenvalue weighted by Gasteiger charge is -2.40. The Morgan fingerprint density at radius 2 is 1.92 bits per heavy atom. The molecule has 3 heterocycles. The molecule has 1 fully saturated rings. The van der Waals surface area contributed by atoms with Gasteiger partial charge in [-0.15, -0.1) is 11.3 Å². The molecule has 0 radical (unpaired) electrons. The van der Waals surface area contributed by atoms with E-state index in [1.807, 2.05) is 29.6 Å². The molecule has 0 saturated heterocycles. The van der Waals surface area contributed by atoms with Gasteiger partial charge in [0.2, 0.25) is 0 Å². The molecule has 5 nitrogen and oxygen atoms in total. The molecule has 26 heavy (non-hydrogen) atoms. The molecule has 1 aromatic heterocycles. The maximum absolute atomic E-state index is 13.0. The Morgan fingerprint density at radius 1 is 1.12 bits per heavy atom. The number of hydrogen-bond acceptors (Lipinski definition) is 5. The van der Waals surface area contributed by atoms with Crippen molar-refractivity contribution in [2.24, 2.45) is 0 Å². The third-order valence-electron chi connectivity index (χ3n) is 5.52. The van der Waals surface area contributed by atoms with Gasteiger partial charge in [-0.2, -0.15) is 0 Å². The van der Waals surface area contributed by atoms with Gasteiger partial charge >= 0.3 is 0 Å². The normalized spacial score (nSPS) is 22.5. The van der Waals surface area contributed by atoms with E-state index in [9.17, 15) is 4.79 Å². The lowest BCUT2D eigenvalue weighted by atomic mass is 9.86. The molecule has 1 N–H and O–H groups in total. The van der Waals surface area contributed by atoms with Crippen LogP contribution in [0.4, 0.5) is 0 Å². The fraction of sp³-hybridized carbons (Fsp3) is 0.450. The monoisotopic (exact) mass is 371 g/mol. The average molecular weight is 371 g/mol. The van der Waals surface area contributed by atoms with Crippen molar-refractivity contribution in [2.75, 3.05) is 13.2 Å². The number of hydrogen-bond donors (Lipinski definition) is 1. The van der Waals surface area contributed by atoms with Crippen molar-refractivity contribution in [3.8, 4) is 17.2 Å². The number of para-hydroxylation sites is 1. The predicted octanol–water partition coefficient (Wildman–Crippen LogP) is 4.09. The SMILES string of the molecule is O=C(NC1CC2(CCCC2)Oc2ccccc21)c1scc2c1OCCO2. The summed E-state index contributed by atoms with van der Waals surface area (Å²) in [7, 11) is 0. The number of rotatable bonds is 2. The summed E-state index contributed by atoms with van der Waals surface area (Å²) in [5.41, 5.74) is 0.918. The van der Waals surface area contributed by atoms with Crippen molar-refractivity contribution in [3.63, 3.8) is 0 Å². The first-order valence-corrected chi connectivity index (χ1v) is 10.1. The minimum atomic E-state index is -0.138. The minimum absolute atomic E-state index is 0.0483. The summed E-state index contributed by atoms with van der Waals surface area (Å²) in [5, 5.41) is 5.08. The third-order valence-corrected chi connectivity index (χ3v) is 6.46. The van der Waals surface area contributed by atoms with Crippen LogP contribution in [0.5, 0.6) is 17.2 Å². The lowest BCUT2D eigenvalue weighted by molar-refractivity contribution is 0.0360. The van der Waals surface area contributed by atoms with Crippen LogP contribution in [0.2, 0.25) is 0 Å². The summed E-state index contributed by atoms with van der Waals surface area (Å²) in [5.74, 6) is 2.05. The van der Waals surface area contributed by atoms with Crippen molar-refractivity contribution < 1.29 is 19.0 Å². The Labute approximate surface area is 156 Å². The first kappa shape index (κ1) is 16.0. The Hall–Kier alpha value is -2.21. The van der Waals surface area contributed by atoms with E-state index < -0.39 is 0 Å². The molecule has 1 spiro atoms. The largest absolute Gasteiger partial charge is 0.487 e. The van der Waals surface area contributed by atoms with E-state index in [1.54, 1.807) is 0 Å². The van der Waals surface area contributed by atoms with E-state index in [-0.39, 0.29) is 17.6 Å². The maximum Gasteiger partial charge on any atom is 0.265 e. The highest BCUT2D eigenvalue weighted by molar-refractivity contribution is 7.12. The number of ether oxygens (including phenoxy) is 3. The molecule has 2 aromatic rings. The van der Waals surface area contributed by atoms with Crippen molar-refractivity contribution in [3.05, 3.63) is 40.1 Å². The Morgan fingerprint density at radius 3 is 2.81 bits per heavy atom. The number of nitrogens with one attached hydrogen (secondary N) is 1. The summed E-state index contributed by atoms with van der Waals surface area (Å²) in [6, 6.07) is 8.00. The van der Waals surface area contributed by atoms with E-state index in [0.29, 0.717) is 29.6 Å². The highest BCUT2D eigenvalue weighted by Crippen LogP contribution is 2.47. The molecule has 1 aliphatic carbocycles. The van der Waals surface area contributed by atoms with E-state index in [2.05, 4.69) is 5.32 Å². The topological polar surface area (TPSA) is 56.8 Å². The maximum atomic E-state index is 13.0. The van der Waals surface area contributed by atoms with Crippen LogP contribution >= 0.6 is 11.3 Å². The number of carbonyl (C=O) groups is 1. The molecule has 0 bridgehead atoms. The predicted molar refractivity (Wildman–Crippen MR) is 98.4 cm³/mol. The van der Waals surface area contributed by atoms with Gasteiger partial charge in [0.15, 0.2) is 11.5 Å². The first-order chi connectivity index (χ1) is 12.7. The molecule has 136 valence electrons.